The van der Waals surface area contributed by atoms with Gasteiger partial charge in [-0.3, -0.25) is 0 Å². The summed E-state index contributed by atoms with van der Waals surface area (Å²) in [6.45, 7) is 1.92. The molecule has 14 heavy (non-hydrogen) atoms. The van der Waals surface area contributed by atoms with E-state index in [1.165, 1.54) is 0 Å². The molecule has 0 aliphatic carbocycles. The molecule has 3 heteroatoms. The molecule has 1 aromatic heterocycles. The standard InChI is InChI=1S/C11H11NO2/c1-9(11-7-8-12-14-11)13-10-5-3-2-4-6-10/h2-9H,1H3/t9-/m0/s1. The van der Waals surface area contributed by atoms with E-state index in [9.17, 15) is 0 Å². The van der Waals surface area contributed by atoms with Crippen LogP contribution in [0.1, 0.15) is 18.8 Å². The molecule has 1 aromatic carbocycles. The summed E-state index contributed by atoms with van der Waals surface area (Å²) in [5.74, 6) is 1.56. The summed E-state index contributed by atoms with van der Waals surface area (Å²) in [6.07, 6.45) is 1.50. The van der Waals surface area contributed by atoms with Gasteiger partial charge < -0.3 is 9.26 Å². The number of benzene rings is 1. The van der Waals surface area contributed by atoms with Crippen molar-refractivity contribution in [3.63, 3.8) is 0 Å². The SMILES string of the molecule is C[C@H](Oc1ccccc1)c1ccno1. The number of hydrogen-bond donors (Lipinski definition) is 0. The molecule has 3 nitrogen and oxygen atoms in total. The molecule has 0 amide bonds. The normalized spacial score (nSPS) is 12.4. The lowest BCUT2D eigenvalue weighted by Gasteiger charge is -2.10. The van der Waals surface area contributed by atoms with E-state index in [0.29, 0.717) is 0 Å². The monoisotopic (exact) mass is 189 g/mol. The third-order valence-corrected chi connectivity index (χ3v) is 1.91. The van der Waals surface area contributed by atoms with Crippen molar-refractivity contribution in [2.24, 2.45) is 0 Å². The molecule has 1 atom stereocenters. The summed E-state index contributed by atoms with van der Waals surface area (Å²) in [4.78, 5) is 0. The van der Waals surface area contributed by atoms with E-state index < -0.39 is 0 Å². The molecular formula is C11H11NO2. The van der Waals surface area contributed by atoms with Crippen molar-refractivity contribution in [3.05, 3.63) is 48.4 Å². The van der Waals surface area contributed by atoms with Gasteiger partial charge in [0.25, 0.3) is 0 Å². The van der Waals surface area contributed by atoms with E-state index in [1.807, 2.05) is 37.3 Å². The van der Waals surface area contributed by atoms with E-state index in [0.717, 1.165) is 11.5 Å². The zero-order chi connectivity index (χ0) is 9.80. The van der Waals surface area contributed by atoms with Crippen LogP contribution in [-0.4, -0.2) is 5.16 Å². The van der Waals surface area contributed by atoms with Crippen molar-refractivity contribution in [2.75, 3.05) is 0 Å². The van der Waals surface area contributed by atoms with Gasteiger partial charge in [-0.15, -0.1) is 0 Å². The minimum atomic E-state index is -0.111. The summed E-state index contributed by atoms with van der Waals surface area (Å²) in [5.41, 5.74) is 0. The molecule has 0 bridgehead atoms. The molecule has 2 rings (SSSR count). The first-order valence-corrected chi connectivity index (χ1v) is 4.48. The fourth-order valence-electron chi connectivity index (χ4n) is 1.20. The highest BCUT2D eigenvalue weighted by molar-refractivity contribution is 5.21. The Balaban J connectivity index is 2.06. The van der Waals surface area contributed by atoms with Gasteiger partial charge in [0.05, 0.1) is 6.20 Å². The van der Waals surface area contributed by atoms with E-state index in [2.05, 4.69) is 5.16 Å². The van der Waals surface area contributed by atoms with Crippen LogP contribution in [0.5, 0.6) is 5.75 Å². The Bertz CT molecular complexity index is 369. The van der Waals surface area contributed by atoms with Gasteiger partial charge in [0.1, 0.15) is 5.75 Å². The smallest absolute Gasteiger partial charge is 0.176 e. The molecule has 0 spiro atoms. The molecule has 0 aliphatic heterocycles. The first-order valence-electron chi connectivity index (χ1n) is 4.48. The van der Waals surface area contributed by atoms with Crippen molar-refractivity contribution in [2.45, 2.75) is 13.0 Å². The molecule has 72 valence electrons. The van der Waals surface area contributed by atoms with Crippen molar-refractivity contribution >= 4 is 0 Å². The fraction of sp³-hybridized carbons (Fsp3) is 0.182. The second-order valence-corrected chi connectivity index (χ2v) is 2.99. The van der Waals surface area contributed by atoms with Gasteiger partial charge in [-0.25, -0.2) is 0 Å². The lowest BCUT2D eigenvalue weighted by atomic mass is 10.3. The van der Waals surface area contributed by atoms with Gasteiger partial charge >= 0.3 is 0 Å². The Morgan fingerprint density at radius 3 is 2.64 bits per heavy atom. The van der Waals surface area contributed by atoms with Gasteiger partial charge in [-0.1, -0.05) is 23.4 Å². The van der Waals surface area contributed by atoms with Crippen LogP contribution in [0.15, 0.2) is 47.1 Å². The predicted octanol–water partition coefficient (Wildman–Crippen LogP) is 2.81. The van der Waals surface area contributed by atoms with Crippen LogP contribution in [0.4, 0.5) is 0 Å². The van der Waals surface area contributed by atoms with E-state index >= 15 is 0 Å². The van der Waals surface area contributed by atoms with Crippen LogP contribution >= 0.6 is 0 Å². The minimum absolute atomic E-state index is 0.111. The zero-order valence-electron chi connectivity index (χ0n) is 7.88. The van der Waals surface area contributed by atoms with Gasteiger partial charge in [0.2, 0.25) is 0 Å². The number of rotatable bonds is 3. The maximum absolute atomic E-state index is 5.62. The minimum Gasteiger partial charge on any atom is -0.483 e. The van der Waals surface area contributed by atoms with Crippen molar-refractivity contribution < 1.29 is 9.26 Å². The molecule has 0 radical (unpaired) electrons. The van der Waals surface area contributed by atoms with E-state index in [4.69, 9.17) is 9.26 Å². The predicted molar refractivity (Wildman–Crippen MR) is 52.0 cm³/mol. The molecule has 1 heterocycles. The molecule has 0 aliphatic rings. The van der Waals surface area contributed by atoms with Crippen LogP contribution in [0.3, 0.4) is 0 Å². The molecular weight excluding hydrogens is 178 g/mol. The van der Waals surface area contributed by atoms with Crippen molar-refractivity contribution in [1.29, 1.82) is 0 Å². The van der Waals surface area contributed by atoms with Crippen LogP contribution in [0.25, 0.3) is 0 Å². The first kappa shape index (κ1) is 8.81. The van der Waals surface area contributed by atoms with Gasteiger partial charge in [-0.2, -0.15) is 0 Å². The van der Waals surface area contributed by atoms with E-state index in [1.54, 1.807) is 12.3 Å². The Labute approximate surface area is 82.3 Å². The van der Waals surface area contributed by atoms with Crippen molar-refractivity contribution in [1.82, 2.24) is 5.16 Å². The van der Waals surface area contributed by atoms with Crippen LogP contribution < -0.4 is 4.74 Å². The lowest BCUT2D eigenvalue weighted by molar-refractivity contribution is 0.182. The largest absolute Gasteiger partial charge is 0.483 e. The summed E-state index contributed by atoms with van der Waals surface area (Å²) >= 11 is 0. The average molecular weight is 189 g/mol. The number of nitrogens with zero attached hydrogens (tertiary/aromatic N) is 1. The number of ether oxygens (including phenoxy) is 1. The molecule has 0 fully saturated rings. The fourth-order valence-corrected chi connectivity index (χ4v) is 1.20. The Morgan fingerprint density at radius 1 is 1.21 bits per heavy atom. The first-order chi connectivity index (χ1) is 6.86. The van der Waals surface area contributed by atoms with Crippen LogP contribution in [0, 0.1) is 0 Å². The Morgan fingerprint density at radius 2 is 2.00 bits per heavy atom. The summed E-state index contributed by atoms with van der Waals surface area (Å²) < 4.78 is 10.6. The molecule has 0 saturated heterocycles. The van der Waals surface area contributed by atoms with Crippen molar-refractivity contribution in [3.8, 4) is 5.75 Å². The highest BCUT2D eigenvalue weighted by Gasteiger charge is 2.10. The molecule has 0 unspecified atom stereocenters. The second-order valence-electron chi connectivity index (χ2n) is 2.99. The summed E-state index contributed by atoms with van der Waals surface area (Å²) in [7, 11) is 0. The number of para-hydroxylation sites is 1. The highest BCUT2D eigenvalue weighted by atomic mass is 16.5. The average Bonchev–Trinajstić information content (AvgIpc) is 2.72. The number of hydrogen-bond acceptors (Lipinski definition) is 3. The number of aromatic nitrogens is 1. The molecule has 0 N–H and O–H groups in total. The third kappa shape index (κ3) is 1.93. The lowest BCUT2D eigenvalue weighted by Crippen LogP contribution is -2.01. The highest BCUT2D eigenvalue weighted by Crippen LogP contribution is 2.20. The Kier molecular flexibility index (Phi) is 2.49. The van der Waals surface area contributed by atoms with E-state index in [-0.39, 0.29) is 6.10 Å². The Hall–Kier alpha value is -1.77. The topological polar surface area (TPSA) is 35.3 Å². The molecule has 0 saturated carbocycles. The second kappa shape index (κ2) is 3.96. The van der Waals surface area contributed by atoms with Crippen LogP contribution in [0.2, 0.25) is 0 Å². The quantitative estimate of drug-likeness (QED) is 0.744. The van der Waals surface area contributed by atoms with Gasteiger partial charge in [0.15, 0.2) is 11.9 Å². The summed E-state index contributed by atoms with van der Waals surface area (Å²) in [5, 5.41) is 3.63. The van der Waals surface area contributed by atoms with Gasteiger partial charge in [0, 0.05) is 6.07 Å². The van der Waals surface area contributed by atoms with Gasteiger partial charge in [-0.05, 0) is 19.1 Å². The summed E-state index contributed by atoms with van der Waals surface area (Å²) in [6, 6.07) is 11.4. The van der Waals surface area contributed by atoms with Crippen LogP contribution in [-0.2, 0) is 0 Å². The maximum Gasteiger partial charge on any atom is 0.176 e. The zero-order valence-corrected chi connectivity index (χ0v) is 7.88. The third-order valence-electron chi connectivity index (χ3n) is 1.91. The maximum atomic E-state index is 5.62. The molecule has 2 aromatic rings.